The summed E-state index contributed by atoms with van der Waals surface area (Å²) in [5.41, 5.74) is 6.82. The normalized spacial score (nSPS) is 12.9. The molecule has 0 saturated carbocycles. The number of primary amides is 1. The molecule has 3 amide bonds. The number of carbonyl (C=O) groups excluding carboxylic acids is 2. The van der Waals surface area contributed by atoms with Crippen LogP contribution in [0.4, 0.5) is 10.5 Å². The molecule has 0 aromatic heterocycles. The minimum atomic E-state index is -0.979. The molecule has 112 valence electrons. The fourth-order valence-electron chi connectivity index (χ4n) is 2.30. The number of carboxylic acids is 1. The van der Waals surface area contributed by atoms with Crippen molar-refractivity contribution in [3.63, 3.8) is 0 Å². The molecule has 7 heteroatoms. The van der Waals surface area contributed by atoms with Crippen molar-refractivity contribution >= 4 is 23.6 Å². The van der Waals surface area contributed by atoms with Crippen molar-refractivity contribution in [1.29, 1.82) is 0 Å². The number of urea groups is 1. The molecule has 1 aromatic carbocycles. The zero-order valence-corrected chi connectivity index (χ0v) is 11.5. The van der Waals surface area contributed by atoms with Crippen molar-refractivity contribution in [2.24, 2.45) is 5.73 Å². The van der Waals surface area contributed by atoms with E-state index >= 15 is 0 Å². The number of fused-ring (bicyclic) bond motifs is 1. The van der Waals surface area contributed by atoms with Gasteiger partial charge in [0.1, 0.15) is 0 Å². The molecule has 1 aromatic rings. The molecular formula is C14H17N3O4. The first-order chi connectivity index (χ1) is 9.99. The average Bonchev–Trinajstić information content (AvgIpc) is 2.86. The first kappa shape index (κ1) is 14.8. The summed E-state index contributed by atoms with van der Waals surface area (Å²) in [7, 11) is 0. The zero-order valence-electron chi connectivity index (χ0n) is 11.5. The lowest BCUT2D eigenvalue weighted by Crippen LogP contribution is -2.39. The Bertz CT molecular complexity index is 586. The number of amides is 3. The number of nitrogens with two attached hydrogens (primary N) is 1. The van der Waals surface area contributed by atoms with E-state index in [2.05, 4.69) is 5.32 Å². The summed E-state index contributed by atoms with van der Waals surface area (Å²) >= 11 is 0. The van der Waals surface area contributed by atoms with Crippen LogP contribution in [0.2, 0.25) is 0 Å². The first-order valence-electron chi connectivity index (χ1n) is 6.69. The van der Waals surface area contributed by atoms with Crippen LogP contribution in [0.15, 0.2) is 18.2 Å². The van der Waals surface area contributed by atoms with Gasteiger partial charge in [0, 0.05) is 25.2 Å². The molecule has 0 aliphatic carbocycles. The summed E-state index contributed by atoms with van der Waals surface area (Å²) in [6, 6.07) is 4.48. The Morgan fingerprint density at radius 1 is 1.33 bits per heavy atom. The molecule has 1 aliphatic heterocycles. The van der Waals surface area contributed by atoms with Crippen molar-refractivity contribution in [1.82, 2.24) is 5.32 Å². The molecular weight excluding hydrogens is 274 g/mol. The Hall–Kier alpha value is -2.57. The van der Waals surface area contributed by atoms with Gasteiger partial charge in [0.2, 0.25) is 5.91 Å². The van der Waals surface area contributed by atoms with E-state index in [1.807, 2.05) is 0 Å². The fraction of sp³-hybridized carbons (Fsp3) is 0.357. The Labute approximate surface area is 121 Å². The maximum absolute atomic E-state index is 12.1. The Morgan fingerprint density at radius 3 is 2.76 bits per heavy atom. The van der Waals surface area contributed by atoms with E-state index in [0.29, 0.717) is 25.9 Å². The van der Waals surface area contributed by atoms with E-state index in [9.17, 15) is 14.4 Å². The van der Waals surface area contributed by atoms with Gasteiger partial charge in [0.25, 0.3) is 0 Å². The number of aromatic carboxylic acids is 1. The Kier molecular flexibility index (Phi) is 4.42. The standard InChI is InChI=1S/C14H17N3O4/c15-12(18)2-1-6-16-14(21)17-7-5-9-8-10(13(19)20)3-4-11(9)17/h3-4,8H,1-2,5-7H2,(H2,15,18)(H,16,21)(H,19,20). The van der Waals surface area contributed by atoms with Crippen LogP contribution < -0.4 is 16.0 Å². The maximum Gasteiger partial charge on any atom is 0.335 e. The van der Waals surface area contributed by atoms with Crippen molar-refractivity contribution in [3.8, 4) is 0 Å². The van der Waals surface area contributed by atoms with Gasteiger partial charge in [-0.15, -0.1) is 0 Å². The summed E-state index contributed by atoms with van der Waals surface area (Å²) in [5.74, 6) is -1.37. The van der Waals surface area contributed by atoms with Gasteiger partial charge < -0.3 is 16.2 Å². The number of hydrogen-bond acceptors (Lipinski definition) is 3. The summed E-state index contributed by atoms with van der Waals surface area (Å²) < 4.78 is 0. The van der Waals surface area contributed by atoms with E-state index in [-0.39, 0.29) is 18.0 Å². The third kappa shape index (κ3) is 3.50. The van der Waals surface area contributed by atoms with Gasteiger partial charge in [0.15, 0.2) is 0 Å². The molecule has 7 nitrogen and oxygen atoms in total. The highest BCUT2D eigenvalue weighted by atomic mass is 16.4. The highest BCUT2D eigenvalue weighted by molar-refractivity contribution is 5.96. The van der Waals surface area contributed by atoms with Gasteiger partial charge in [-0.25, -0.2) is 9.59 Å². The lowest BCUT2D eigenvalue weighted by atomic mass is 10.1. The maximum atomic E-state index is 12.1. The third-order valence-corrected chi connectivity index (χ3v) is 3.34. The topological polar surface area (TPSA) is 113 Å². The minimum Gasteiger partial charge on any atom is -0.478 e. The molecule has 0 atom stereocenters. The number of nitrogens with one attached hydrogen (secondary N) is 1. The fourth-order valence-corrected chi connectivity index (χ4v) is 2.30. The molecule has 21 heavy (non-hydrogen) atoms. The van der Waals surface area contributed by atoms with Gasteiger partial charge in [0.05, 0.1) is 5.56 Å². The van der Waals surface area contributed by atoms with Crippen LogP contribution in [0.25, 0.3) is 0 Å². The minimum absolute atomic E-state index is 0.220. The predicted molar refractivity (Wildman–Crippen MR) is 76.3 cm³/mol. The van der Waals surface area contributed by atoms with Crippen molar-refractivity contribution in [2.45, 2.75) is 19.3 Å². The van der Waals surface area contributed by atoms with Crippen LogP contribution >= 0.6 is 0 Å². The number of benzene rings is 1. The van der Waals surface area contributed by atoms with Crippen molar-refractivity contribution in [2.75, 3.05) is 18.0 Å². The van der Waals surface area contributed by atoms with Crippen LogP contribution in [0.5, 0.6) is 0 Å². The Morgan fingerprint density at radius 2 is 2.10 bits per heavy atom. The van der Waals surface area contributed by atoms with E-state index < -0.39 is 11.9 Å². The highest BCUT2D eigenvalue weighted by Crippen LogP contribution is 2.28. The van der Waals surface area contributed by atoms with E-state index in [1.165, 1.54) is 6.07 Å². The zero-order chi connectivity index (χ0) is 15.4. The molecule has 0 unspecified atom stereocenters. The van der Waals surface area contributed by atoms with Crippen LogP contribution in [0, 0.1) is 0 Å². The highest BCUT2D eigenvalue weighted by Gasteiger charge is 2.25. The number of nitrogens with zero attached hydrogens (tertiary/aromatic N) is 1. The molecule has 2 rings (SSSR count). The van der Waals surface area contributed by atoms with Gasteiger partial charge in [-0.2, -0.15) is 0 Å². The van der Waals surface area contributed by atoms with Crippen LogP contribution in [0.3, 0.4) is 0 Å². The smallest absolute Gasteiger partial charge is 0.335 e. The van der Waals surface area contributed by atoms with Gasteiger partial charge in [-0.05, 0) is 36.6 Å². The van der Waals surface area contributed by atoms with E-state index in [1.54, 1.807) is 17.0 Å². The summed E-state index contributed by atoms with van der Waals surface area (Å²) in [6.45, 7) is 0.890. The van der Waals surface area contributed by atoms with Gasteiger partial charge in [-0.1, -0.05) is 0 Å². The lowest BCUT2D eigenvalue weighted by molar-refractivity contribution is -0.118. The van der Waals surface area contributed by atoms with Crippen LogP contribution in [-0.2, 0) is 11.2 Å². The van der Waals surface area contributed by atoms with E-state index in [4.69, 9.17) is 10.8 Å². The summed E-state index contributed by atoms with van der Waals surface area (Å²) in [4.78, 5) is 35.1. The van der Waals surface area contributed by atoms with Gasteiger partial charge >= 0.3 is 12.0 Å². The van der Waals surface area contributed by atoms with Crippen molar-refractivity contribution in [3.05, 3.63) is 29.3 Å². The predicted octanol–water partition coefficient (Wildman–Crippen LogP) is 0.722. The Balaban J connectivity index is 1.97. The molecule has 0 fully saturated rings. The van der Waals surface area contributed by atoms with Crippen LogP contribution in [-0.4, -0.2) is 36.1 Å². The average molecular weight is 291 g/mol. The number of carboxylic acid groups (broad SMARTS) is 1. The first-order valence-corrected chi connectivity index (χ1v) is 6.69. The second kappa shape index (κ2) is 6.25. The van der Waals surface area contributed by atoms with Gasteiger partial charge in [-0.3, -0.25) is 9.69 Å². The molecule has 1 heterocycles. The second-order valence-electron chi connectivity index (χ2n) is 4.85. The lowest BCUT2D eigenvalue weighted by Gasteiger charge is -2.18. The molecule has 0 bridgehead atoms. The molecule has 0 saturated heterocycles. The number of carbonyl (C=O) groups is 3. The van der Waals surface area contributed by atoms with Crippen LogP contribution in [0.1, 0.15) is 28.8 Å². The number of rotatable bonds is 5. The number of anilines is 1. The summed E-state index contributed by atoms with van der Waals surface area (Å²) in [6.07, 6.45) is 1.36. The van der Waals surface area contributed by atoms with E-state index in [0.717, 1.165) is 11.3 Å². The van der Waals surface area contributed by atoms with Crippen molar-refractivity contribution < 1.29 is 19.5 Å². The largest absolute Gasteiger partial charge is 0.478 e. The second-order valence-corrected chi connectivity index (χ2v) is 4.85. The molecule has 0 radical (unpaired) electrons. The number of hydrogen-bond donors (Lipinski definition) is 3. The third-order valence-electron chi connectivity index (χ3n) is 3.34. The monoisotopic (exact) mass is 291 g/mol. The molecule has 0 spiro atoms. The SMILES string of the molecule is NC(=O)CCCNC(=O)N1CCc2cc(C(=O)O)ccc21. The summed E-state index contributed by atoms with van der Waals surface area (Å²) in [5, 5.41) is 11.7. The molecule has 4 N–H and O–H groups in total. The quantitative estimate of drug-likeness (QED) is 0.694. The molecule has 1 aliphatic rings.